The normalized spacial score (nSPS) is 14.7. The topological polar surface area (TPSA) is 143 Å². The number of rotatable bonds is 11. The average molecular weight is 582 g/mol. The van der Waals surface area contributed by atoms with Gasteiger partial charge in [0.25, 0.3) is 5.91 Å². The molecule has 3 rings (SSSR count). The quantitative estimate of drug-likeness (QED) is 0.271. The first-order valence-electron chi connectivity index (χ1n) is 11.0. The molecule has 11 nitrogen and oxygen atoms in total. The third-order valence-electron chi connectivity index (χ3n) is 5.00. The molecule has 0 bridgehead atoms. The summed E-state index contributed by atoms with van der Waals surface area (Å²) in [6.45, 7) is 3.11. The van der Waals surface area contributed by atoms with Gasteiger partial charge in [0.2, 0.25) is 15.9 Å². The van der Waals surface area contributed by atoms with Crippen molar-refractivity contribution in [3.8, 4) is 17.4 Å². The van der Waals surface area contributed by atoms with Crippen LogP contribution in [0.4, 0.5) is 0 Å². The number of methoxy groups -OCH3 is 1. The Kier molecular flexibility index (Phi) is 9.43. The highest BCUT2D eigenvalue weighted by Gasteiger charge is 2.30. The Balaban J connectivity index is 1.88. The summed E-state index contributed by atoms with van der Waals surface area (Å²) in [5.41, 5.74) is 0.183. The zero-order valence-electron chi connectivity index (χ0n) is 20.1. The van der Waals surface area contributed by atoms with Crippen LogP contribution in [0.2, 0.25) is 0 Å². The number of benzene rings is 1. The predicted molar refractivity (Wildman–Crippen MR) is 137 cm³/mol. The number of amides is 1. The van der Waals surface area contributed by atoms with E-state index in [0.29, 0.717) is 29.9 Å². The highest BCUT2D eigenvalue weighted by atomic mass is 79.9. The third-order valence-corrected chi connectivity index (χ3v) is 7.43. The number of hydrogen-bond acceptors (Lipinski definition) is 9. The maximum Gasteiger partial charge on any atom is 0.257 e. The van der Waals surface area contributed by atoms with Crippen molar-refractivity contribution in [1.29, 1.82) is 5.41 Å². The van der Waals surface area contributed by atoms with E-state index in [1.807, 2.05) is 6.92 Å². The van der Waals surface area contributed by atoms with Crippen molar-refractivity contribution in [1.82, 2.24) is 19.9 Å². The highest BCUT2D eigenvalue weighted by molar-refractivity contribution is 9.10. The smallest absolute Gasteiger partial charge is 0.257 e. The zero-order chi connectivity index (χ0) is 26.3. The summed E-state index contributed by atoms with van der Waals surface area (Å²) in [7, 11) is -0.376. The Hall–Kier alpha value is -3.00. The molecular formula is C23H28BrN5O6S. The monoisotopic (exact) mass is 581 g/mol. The minimum atomic E-state index is -3.61. The molecule has 2 aromatic rings. The lowest BCUT2D eigenvalue weighted by atomic mass is 10.2. The lowest BCUT2D eigenvalue weighted by Gasteiger charge is -2.29. The van der Waals surface area contributed by atoms with E-state index in [2.05, 4.69) is 31.5 Å². The van der Waals surface area contributed by atoms with E-state index in [-0.39, 0.29) is 34.0 Å². The minimum Gasteiger partial charge on any atom is -0.488 e. The van der Waals surface area contributed by atoms with Crippen molar-refractivity contribution in [2.75, 3.05) is 33.9 Å². The van der Waals surface area contributed by atoms with Gasteiger partial charge in [-0.05, 0) is 59.7 Å². The summed E-state index contributed by atoms with van der Waals surface area (Å²) >= 11 is 3.33. The van der Waals surface area contributed by atoms with Crippen LogP contribution in [-0.2, 0) is 14.8 Å². The Morgan fingerprint density at radius 1 is 1.28 bits per heavy atom. The van der Waals surface area contributed by atoms with E-state index in [1.54, 1.807) is 20.2 Å². The molecule has 1 saturated heterocycles. The summed E-state index contributed by atoms with van der Waals surface area (Å²) in [6, 6.07) is 6.00. The standard InChI is InChI=1S/C23H28BrN5O6S/c1-15(14-33-3)34-17-9-16(22(30)28-21(25)5-6-26-2)10-18(11-17)35-23-20(24)12-19(13-27-23)36(31,32)29-7-4-8-29/h5-6,9-13,15,26H,4,7-8,14H2,1-3H3,(H2,25,28,30)/b6-5-/t15-/m0/s1. The van der Waals surface area contributed by atoms with Crippen molar-refractivity contribution >= 4 is 37.7 Å². The van der Waals surface area contributed by atoms with Gasteiger partial charge in [-0.1, -0.05) is 0 Å². The minimum absolute atomic E-state index is 0.0557. The number of hydrogen-bond donors (Lipinski definition) is 3. The number of ether oxygens (including phenoxy) is 3. The van der Waals surface area contributed by atoms with E-state index in [4.69, 9.17) is 19.6 Å². The van der Waals surface area contributed by atoms with Crippen LogP contribution in [0.1, 0.15) is 23.7 Å². The fourth-order valence-electron chi connectivity index (χ4n) is 3.15. The average Bonchev–Trinajstić information content (AvgIpc) is 2.77. The molecule has 194 valence electrons. The second-order valence-electron chi connectivity index (χ2n) is 7.88. The van der Waals surface area contributed by atoms with Crippen LogP contribution in [0, 0.1) is 5.41 Å². The van der Waals surface area contributed by atoms with Crippen LogP contribution < -0.4 is 20.1 Å². The maximum atomic E-state index is 12.8. The van der Waals surface area contributed by atoms with E-state index < -0.39 is 15.9 Å². The van der Waals surface area contributed by atoms with Gasteiger partial charge >= 0.3 is 0 Å². The molecule has 1 aromatic carbocycles. The molecule has 2 heterocycles. The van der Waals surface area contributed by atoms with Gasteiger partial charge in [0.05, 0.1) is 17.3 Å². The van der Waals surface area contributed by atoms with Crippen molar-refractivity contribution in [3.05, 3.63) is 52.8 Å². The number of carbonyl (C=O) groups is 1. The van der Waals surface area contributed by atoms with Gasteiger partial charge in [0.15, 0.2) is 0 Å². The van der Waals surface area contributed by atoms with Gasteiger partial charge in [-0.2, -0.15) is 4.31 Å². The maximum absolute atomic E-state index is 12.8. The molecule has 1 aliphatic heterocycles. The van der Waals surface area contributed by atoms with Crippen molar-refractivity contribution in [3.63, 3.8) is 0 Å². The number of pyridine rings is 1. The first-order valence-corrected chi connectivity index (χ1v) is 13.2. The second kappa shape index (κ2) is 12.3. The zero-order valence-corrected chi connectivity index (χ0v) is 22.5. The Morgan fingerprint density at radius 3 is 2.61 bits per heavy atom. The molecule has 0 aliphatic carbocycles. The number of carbonyl (C=O) groups excluding carboxylic acids is 1. The predicted octanol–water partition coefficient (Wildman–Crippen LogP) is 2.88. The van der Waals surface area contributed by atoms with Gasteiger partial charge in [-0.15, -0.1) is 0 Å². The van der Waals surface area contributed by atoms with Crippen molar-refractivity contribution in [2.24, 2.45) is 0 Å². The van der Waals surface area contributed by atoms with Crippen molar-refractivity contribution < 1.29 is 27.4 Å². The Labute approximate surface area is 218 Å². The number of amidine groups is 1. The summed E-state index contributed by atoms with van der Waals surface area (Å²) in [6.07, 6.45) is 4.66. The van der Waals surface area contributed by atoms with E-state index >= 15 is 0 Å². The van der Waals surface area contributed by atoms with Crippen LogP contribution >= 0.6 is 15.9 Å². The molecule has 1 fully saturated rings. The van der Waals surface area contributed by atoms with Crippen LogP contribution in [-0.4, -0.2) is 69.4 Å². The summed E-state index contributed by atoms with van der Waals surface area (Å²) in [4.78, 5) is 17.0. The first kappa shape index (κ1) is 27.6. The number of nitrogens with one attached hydrogen (secondary N) is 3. The van der Waals surface area contributed by atoms with Gasteiger partial charge in [0, 0.05) is 38.9 Å². The molecule has 0 spiro atoms. The van der Waals surface area contributed by atoms with E-state index in [0.717, 1.165) is 6.42 Å². The number of halogens is 1. The summed E-state index contributed by atoms with van der Waals surface area (Å²) in [5, 5.41) is 13.1. The highest BCUT2D eigenvalue weighted by Crippen LogP contribution is 2.33. The Bertz CT molecular complexity index is 1250. The van der Waals surface area contributed by atoms with E-state index in [1.165, 1.54) is 41.0 Å². The Morgan fingerprint density at radius 2 is 2.00 bits per heavy atom. The van der Waals surface area contributed by atoms with Gasteiger partial charge in [0.1, 0.15) is 28.3 Å². The number of sulfonamides is 1. The molecular weight excluding hydrogens is 554 g/mol. The summed E-state index contributed by atoms with van der Waals surface area (Å²) in [5.74, 6) is 0.0205. The van der Waals surface area contributed by atoms with Gasteiger partial charge in [-0.3, -0.25) is 10.2 Å². The molecule has 0 radical (unpaired) electrons. The fraction of sp³-hybridized carbons (Fsp3) is 0.348. The molecule has 0 unspecified atom stereocenters. The first-order chi connectivity index (χ1) is 17.1. The molecule has 3 N–H and O–H groups in total. The second-order valence-corrected chi connectivity index (χ2v) is 10.7. The van der Waals surface area contributed by atoms with E-state index in [9.17, 15) is 13.2 Å². The molecule has 13 heteroatoms. The van der Waals surface area contributed by atoms with Gasteiger partial charge < -0.3 is 24.8 Å². The number of nitrogens with zero attached hydrogens (tertiary/aromatic N) is 2. The molecule has 1 aromatic heterocycles. The summed E-state index contributed by atoms with van der Waals surface area (Å²) < 4.78 is 43.8. The van der Waals surface area contributed by atoms with Crippen molar-refractivity contribution in [2.45, 2.75) is 24.3 Å². The van der Waals surface area contributed by atoms with Crippen LogP contribution in [0.5, 0.6) is 17.4 Å². The lowest BCUT2D eigenvalue weighted by molar-refractivity contribution is 0.0912. The third kappa shape index (κ3) is 7.03. The van der Waals surface area contributed by atoms with Crippen LogP contribution in [0.25, 0.3) is 0 Å². The molecule has 1 amide bonds. The SMILES string of the molecule is CN/C=C\C(=N)NC(=O)c1cc(Oc2ncc(S(=O)(=O)N3CCC3)cc2Br)cc(O[C@@H](C)COC)c1. The number of aromatic nitrogens is 1. The molecule has 1 atom stereocenters. The lowest BCUT2D eigenvalue weighted by Crippen LogP contribution is -2.41. The molecule has 36 heavy (non-hydrogen) atoms. The fourth-order valence-corrected chi connectivity index (χ4v) is 5.22. The molecule has 0 saturated carbocycles. The van der Waals surface area contributed by atoms with Gasteiger partial charge in [-0.25, -0.2) is 13.4 Å². The van der Waals surface area contributed by atoms with Crippen LogP contribution in [0.3, 0.4) is 0 Å². The van der Waals surface area contributed by atoms with Crippen LogP contribution in [0.15, 0.2) is 52.1 Å². The molecule has 1 aliphatic rings. The largest absolute Gasteiger partial charge is 0.488 e.